The molecular weight excluding hydrogens is 570 g/mol. The molecule has 1 saturated heterocycles. The first-order valence-electron chi connectivity index (χ1n) is 10.7. The van der Waals surface area contributed by atoms with Gasteiger partial charge in [-0.15, -0.1) is 0 Å². The van der Waals surface area contributed by atoms with Gasteiger partial charge in [-0.05, 0) is 77.0 Å². The van der Waals surface area contributed by atoms with E-state index in [2.05, 4.69) is 15.9 Å². The van der Waals surface area contributed by atoms with E-state index >= 15 is 0 Å². The van der Waals surface area contributed by atoms with Crippen LogP contribution >= 0.6 is 51.5 Å². The second kappa shape index (κ2) is 11.5. The molecule has 0 atom stereocenters. The van der Waals surface area contributed by atoms with E-state index in [0.717, 1.165) is 16.9 Å². The van der Waals surface area contributed by atoms with Crippen LogP contribution in [-0.4, -0.2) is 23.9 Å². The van der Waals surface area contributed by atoms with Gasteiger partial charge >= 0.3 is 0 Å². The van der Waals surface area contributed by atoms with Crippen molar-refractivity contribution in [2.75, 3.05) is 18.6 Å². The van der Waals surface area contributed by atoms with Crippen molar-refractivity contribution in [1.82, 2.24) is 0 Å². The van der Waals surface area contributed by atoms with Crippen LogP contribution in [0.4, 0.5) is 5.69 Å². The number of thioether (sulfide) groups is 1. The number of hydrogen-bond donors (Lipinski definition) is 0. The van der Waals surface area contributed by atoms with E-state index in [1.54, 1.807) is 13.2 Å². The number of ether oxygens (including phenoxy) is 3. The molecule has 1 aliphatic heterocycles. The number of halogens is 2. The molecule has 3 aromatic carbocycles. The van der Waals surface area contributed by atoms with Crippen LogP contribution in [0.2, 0.25) is 5.02 Å². The van der Waals surface area contributed by atoms with Crippen molar-refractivity contribution >= 4 is 73.5 Å². The fraction of sp³-hybridized carbons (Fsp3) is 0.154. The third kappa shape index (κ3) is 5.83. The van der Waals surface area contributed by atoms with Gasteiger partial charge in [0.2, 0.25) is 0 Å². The molecule has 0 saturated carbocycles. The monoisotopic (exact) mass is 589 g/mol. The molecule has 1 heterocycles. The second-order valence-corrected chi connectivity index (χ2v) is 10.3. The maximum atomic E-state index is 13.2. The number of benzene rings is 3. The highest BCUT2D eigenvalue weighted by atomic mass is 79.9. The van der Waals surface area contributed by atoms with Crippen molar-refractivity contribution in [2.24, 2.45) is 0 Å². The van der Waals surface area contributed by atoms with E-state index in [0.29, 0.717) is 42.5 Å². The lowest BCUT2D eigenvalue weighted by molar-refractivity contribution is -0.113. The molecule has 0 unspecified atom stereocenters. The van der Waals surface area contributed by atoms with E-state index in [-0.39, 0.29) is 12.5 Å². The van der Waals surface area contributed by atoms with Gasteiger partial charge in [0.25, 0.3) is 5.91 Å². The van der Waals surface area contributed by atoms with Crippen molar-refractivity contribution in [3.05, 3.63) is 86.2 Å². The summed E-state index contributed by atoms with van der Waals surface area (Å²) in [6, 6.07) is 18.5. The summed E-state index contributed by atoms with van der Waals surface area (Å²) in [5.41, 5.74) is 2.33. The summed E-state index contributed by atoms with van der Waals surface area (Å²) in [6.07, 6.45) is 1.79. The number of rotatable bonds is 8. The molecule has 5 nitrogen and oxygen atoms in total. The van der Waals surface area contributed by atoms with Crippen LogP contribution in [0, 0.1) is 0 Å². The number of carbonyl (C=O) groups excluding carboxylic acids is 1. The van der Waals surface area contributed by atoms with Gasteiger partial charge in [0.1, 0.15) is 12.4 Å². The molecule has 180 valence electrons. The summed E-state index contributed by atoms with van der Waals surface area (Å²) in [6.45, 7) is 2.78. The van der Waals surface area contributed by atoms with Crippen molar-refractivity contribution in [3.63, 3.8) is 0 Å². The average molecular weight is 591 g/mol. The maximum absolute atomic E-state index is 13.2. The zero-order chi connectivity index (χ0) is 24.9. The van der Waals surface area contributed by atoms with Crippen LogP contribution in [0.5, 0.6) is 17.2 Å². The molecule has 35 heavy (non-hydrogen) atoms. The Kier molecular flexibility index (Phi) is 8.38. The van der Waals surface area contributed by atoms with E-state index in [4.69, 9.17) is 38.0 Å². The minimum atomic E-state index is -0.182. The van der Waals surface area contributed by atoms with Gasteiger partial charge in [-0.3, -0.25) is 9.69 Å². The molecule has 0 bridgehead atoms. The number of amides is 1. The van der Waals surface area contributed by atoms with Crippen molar-refractivity contribution in [2.45, 2.75) is 13.5 Å². The first kappa shape index (κ1) is 25.6. The molecule has 0 radical (unpaired) electrons. The molecule has 4 rings (SSSR count). The largest absolute Gasteiger partial charge is 0.494 e. The minimum Gasteiger partial charge on any atom is -0.494 e. The molecule has 0 N–H and O–H groups in total. The normalized spacial score (nSPS) is 14.5. The highest BCUT2D eigenvalue weighted by Gasteiger charge is 2.33. The Labute approximate surface area is 227 Å². The smallest absolute Gasteiger partial charge is 0.270 e. The Balaban J connectivity index is 1.56. The van der Waals surface area contributed by atoms with Gasteiger partial charge in [0, 0.05) is 10.6 Å². The molecule has 9 heteroatoms. The number of methoxy groups -OCH3 is 1. The molecule has 0 spiro atoms. The first-order chi connectivity index (χ1) is 16.9. The Hall–Kier alpha value is -2.52. The predicted octanol–water partition coefficient (Wildman–Crippen LogP) is 7.49. The lowest BCUT2D eigenvalue weighted by Gasteiger charge is -2.15. The summed E-state index contributed by atoms with van der Waals surface area (Å²) in [7, 11) is 1.57. The second-order valence-electron chi connectivity index (χ2n) is 7.36. The van der Waals surface area contributed by atoms with Gasteiger partial charge in [-0.25, -0.2) is 0 Å². The van der Waals surface area contributed by atoms with E-state index in [1.165, 1.54) is 16.7 Å². The first-order valence-corrected chi connectivity index (χ1v) is 13.1. The fourth-order valence-corrected chi connectivity index (χ4v) is 5.49. The lowest BCUT2D eigenvalue weighted by Crippen LogP contribution is -2.27. The minimum absolute atomic E-state index is 0.182. The van der Waals surface area contributed by atoms with E-state index < -0.39 is 0 Å². The van der Waals surface area contributed by atoms with Crippen LogP contribution in [0.1, 0.15) is 18.1 Å². The average Bonchev–Trinajstić information content (AvgIpc) is 3.12. The molecule has 3 aromatic rings. The predicted molar refractivity (Wildman–Crippen MR) is 150 cm³/mol. The van der Waals surface area contributed by atoms with Gasteiger partial charge in [0.05, 0.1) is 28.8 Å². The molecule has 1 fully saturated rings. The molecule has 0 aliphatic carbocycles. The number of thiocarbonyl (C=S) groups is 1. The highest BCUT2D eigenvalue weighted by molar-refractivity contribution is 9.10. The van der Waals surface area contributed by atoms with Gasteiger partial charge in [-0.2, -0.15) is 0 Å². The molecule has 1 amide bonds. The van der Waals surface area contributed by atoms with Crippen molar-refractivity contribution in [1.29, 1.82) is 0 Å². The number of nitrogens with zero attached hydrogens (tertiary/aromatic N) is 1. The molecule has 1 aliphatic rings. The van der Waals surface area contributed by atoms with Crippen LogP contribution < -0.4 is 19.1 Å². The fourth-order valence-electron chi connectivity index (χ4n) is 3.43. The summed E-state index contributed by atoms with van der Waals surface area (Å²) in [5, 5.41) is 0.633. The summed E-state index contributed by atoms with van der Waals surface area (Å²) >= 11 is 16.6. The van der Waals surface area contributed by atoms with Gasteiger partial charge in [0.15, 0.2) is 15.8 Å². The van der Waals surface area contributed by atoms with Crippen LogP contribution in [0.3, 0.4) is 0 Å². The Morgan fingerprint density at radius 3 is 2.54 bits per heavy atom. The number of anilines is 1. The zero-order valence-electron chi connectivity index (χ0n) is 18.9. The standard InChI is InChI=1S/C26H21BrClNO4S2/c1-3-32-19-10-8-18(9-11-19)29-25(30)23(35-26(29)34)14-16-12-20(27)24(22(13-16)31-2)33-15-17-6-4-5-7-21(17)28/h4-14H,3,15H2,1-2H3/b23-14+. The Morgan fingerprint density at radius 2 is 1.86 bits per heavy atom. The highest BCUT2D eigenvalue weighted by Crippen LogP contribution is 2.40. The third-order valence-electron chi connectivity index (χ3n) is 5.08. The topological polar surface area (TPSA) is 48.0 Å². The molecular formula is C26H21BrClNO4S2. The maximum Gasteiger partial charge on any atom is 0.270 e. The summed E-state index contributed by atoms with van der Waals surface area (Å²) in [5.74, 6) is 1.63. The summed E-state index contributed by atoms with van der Waals surface area (Å²) in [4.78, 5) is 15.2. The number of carbonyl (C=O) groups is 1. The zero-order valence-corrected chi connectivity index (χ0v) is 22.9. The van der Waals surface area contributed by atoms with Crippen molar-refractivity contribution < 1.29 is 19.0 Å². The molecule has 0 aromatic heterocycles. The van der Waals surface area contributed by atoms with Crippen LogP contribution in [0.25, 0.3) is 6.08 Å². The van der Waals surface area contributed by atoms with E-state index in [1.807, 2.05) is 67.6 Å². The van der Waals surface area contributed by atoms with Gasteiger partial charge in [-0.1, -0.05) is 53.8 Å². The summed E-state index contributed by atoms with van der Waals surface area (Å²) < 4.78 is 18.2. The lowest BCUT2D eigenvalue weighted by atomic mass is 10.1. The van der Waals surface area contributed by atoms with E-state index in [9.17, 15) is 4.79 Å². The number of hydrogen-bond acceptors (Lipinski definition) is 6. The SMILES string of the molecule is CCOc1ccc(N2C(=O)/C(=C\c3cc(Br)c(OCc4ccccc4Cl)c(OC)c3)SC2=S)cc1. The van der Waals surface area contributed by atoms with Crippen molar-refractivity contribution in [3.8, 4) is 17.2 Å². The Bertz CT molecular complexity index is 1300. The quantitative estimate of drug-likeness (QED) is 0.200. The van der Waals surface area contributed by atoms with Crippen LogP contribution in [0.15, 0.2) is 70.0 Å². The third-order valence-corrected chi connectivity index (χ3v) is 7.34. The Morgan fingerprint density at radius 1 is 1.11 bits per heavy atom. The van der Waals surface area contributed by atoms with Crippen LogP contribution in [-0.2, 0) is 11.4 Å². The van der Waals surface area contributed by atoms with Gasteiger partial charge < -0.3 is 14.2 Å².